The lowest BCUT2D eigenvalue weighted by Gasteiger charge is -2.38. The fourth-order valence-corrected chi connectivity index (χ4v) is 2.49. The number of nitrogens with one attached hydrogen (secondary N) is 1. The van der Waals surface area contributed by atoms with Crippen molar-refractivity contribution in [2.45, 2.75) is 44.5 Å². The van der Waals surface area contributed by atoms with Crippen molar-refractivity contribution in [1.82, 2.24) is 5.32 Å². The van der Waals surface area contributed by atoms with Crippen LogP contribution in [0.1, 0.15) is 32.3 Å². The fraction of sp³-hybridized carbons (Fsp3) is 0.571. The molecular weight excluding hydrogens is 255 g/mol. The number of alkyl halides is 3. The van der Waals surface area contributed by atoms with Gasteiger partial charge in [0.2, 0.25) is 0 Å². The highest BCUT2D eigenvalue weighted by molar-refractivity contribution is 5.29. The van der Waals surface area contributed by atoms with Gasteiger partial charge in [-0.1, -0.05) is 0 Å². The second kappa shape index (κ2) is 5.04. The molecule has 0 saturated carbocycles. The molecule has 1 aromatic rings. The normalized spacial score (nSPS) is 28.2. The summed E-state index contributed by atoms with van der Waals surface area (Å²) < 4.78 is 43.2. The quantitative estimate of drug-likeness (QED) is 0.888. The maximum Gasteiger partial charge on any atom is 0.416 e. The molecule has 5 heteroatoms. The number of halogens is 3. The van der Waals surface area contributed by atoms with E-state index in [1.165, 1.54) is 12.1 Å². The molecule has 0 bridgehead atoms. The number of benzene rings is 1. The second-order valence-electron chi connectivity index (χ2n) is 5.38. The Morgan fingerprint density at radius 2 is 1.89 bits per heavy atom. The van der Waals surface area contributed by atoms with Gasteiger partial charge in [0, 0.05) is 12.5 Å². The molecule has 2 nitrogen and oxygen atoms in total. The van der Waals surface area contributed by atoms with Crippen molar-refractivity contribution in [2.75, 3.05) is 6.54 Å². The van der Waals surface area contributed by atoms with E-state index >= 15 is 0 Å². The lowest BCUT2D eigenvalue weighted by Crippen LogP contribution is -2.48. The zero-order valence-corrected chi connectivity index (χ0v) is 11.1. The third-order valence-corrected chi connectivity index (χ3v) is 3.43. The van der Waals surface area contributed by atoms with Gasteiger partial charge in [0.25, 0.3) is 0 Å². The van der Waals surface area contributed by atoms with E-state index in [-0.39, 0.29) is 5.60 Å². The molecule has 19 heavy (non-hydrogen) atoms. The Bertz CT molecular complexity index is 429. The molecule has 0 unspecified atom stereocenters. The SMILES string of the molecule is C[C@H]1C[C@@](C)(Oc2ccc(C(F)(F)F)cc2)CCN1. The monoisotopic (exact) mass is 273 g/mol. The average Bonchev–Trinajstić information content (AvgIpc) is 2.27. The lowest BCUT2D eigenvalue weighted by molar-refractivity contribution is -0.137. The van der Waals surface area contributed by atoms with Crippen LogP contribution in [0.15, 0.2) is 24.3 Å². The molecule has 1 heterocycles. The molecule has 1 N–H and O–H groups in total. The molecular formula is C14H18F3NO. The molecule has 2 rings (SSSR count). The number of hydrogen-bond acceptors (Lipinski definition) is 2. The molecule has 2 atom stereocenters. The van der Waals surface area contributed by atoms with Gasteiger partial charge < -0.3 is 10.1 Å². The van der Waals surface area contributed by atoms with Gasteiger partial charge in [-0.25, -0.2) is 0 Å². The van der Waals surface area contributed by atoms with E-state index in [2.05, 4.69) is 12.2 Å². The highest BCUT2D eigenvalue weighted by atomic mass is 19.4. The van der Waals surface area contributed by atoms with E-state index in [1.54, 1.807) is 0 Å². The Labute approximate surface area is 111 Å². The molecule has 1 saturated heterocycles. The van der Waals surface area contributed by atoms with Gasteiger partial charge in [-0.05, 0) is 51.1 Å². The Hall–Kier alpha value is -1.23. The Kier molecular flexibility index (Phi) is 3.76. The van der Waals surface area contributed by atoms with Crippen molar-refractivity contribution in [3.63, 3.8) is 0 Å². The number of piperidine rings is 1. The summed E-state index contributed by atoms with van der Waals surface area (Å²) in [5.74, 6) is 0.490. The first kappa shape index (κ1) is 14.2. The largest absolute Gasteiger partial charge is 0.487 e. The number of ether oxygens (including phenoxy) is 1. The van der Waals surface area contributed by atoms with Crippen molar-refractivity contribution in [1.29, 1.82) is 0 Å². The molecule has 1 aliphatic rings. The summed E-state index contributed by atoms with van der Waals surface area (Å²) >= 11 is 0. The molecule has 0 aromatic heterocycles. The van der Waals surface area contributed by atoms with Crippen molar-refractivity contribution >= 4 is 0 Å². The van der Waals surface area contributed by atoms with E-state index in [1.807, 2.05) is 6.92 Å². The van der Waals surface area contributed by atoms with Crippen molar-refractivity contribution in [3.8, 4) is 5.75 Å². The third kappa shape index (κ3) is 3.62. The lowest BCUT2D eigenvalue weighted by atomic mass is 9.90. The highest BCUT2D eigenvalue weighted by Gasteiger charge is 2.33. The zero-order chi connectivity index (χ0) is 14.1. The third-order valence-electron chi connectivity index (χ3n) is 3.43. The summed E-state index contributed by atoms with van der Waals surface area (Å²) in [5, 5.41) is 3.32. The van der Waals surface area contributed by atoms with Gasteiger partial charge in [0.05, 0.1) is 5.56 Å². The summed E-state index contributed by atoms with van der Waals surface area (Å²) in [4.78, 5) is 0. The first-order chi connectivity index (χ1) is 8.78. The minimum atomic E-state index is -4.30. The molecule has 0 radical (unpaired) electrons. The summed E-state index contributed by atoms with van der Waals surface area (Å²) in [5.41, 5.74) is -0.964. The van der Waals surface area contributed by atoms with Gasteiger partial charge in [0.1, 0.15) is 11.4 Å². The molecule has 1 aromatic carbocycles. The summed E-state index contributed by atoms with van der Waals surface area (Å²) in [6.07, 6.45) is -2.61. The standard InChI is InChI=1S/C14H18F3NO/c1-10-9-13(2,7-8-18-10)19-12-5-3-11(4-6-12)14(15,16)17/h3-6,10,18H,7-9H2,1-2H3/t10-,13-/m0/s1. The fourth-order valence-electron chi connectivity index (χ4n) is 2.49. The predicted octanol–water partition coefficient (Wildman–Crippen LogP) is 3.61. The summed E-state index contributed by atoms with van der Waals surface area (Å²) in [7, 11) is 0. The van der Waals surface area contributed by atoms with Crippen LogP contribution in [0.2, 0.25) is 0 Å². The van der Waals surface area contributed by atoms with Crippen LogP contribution < -0.4 is 10.1 Å². The van der Waals surface area contributed by atoms with Crippen LogP contribution in [0.4, 0.5) is 13.2 Å². The molecule has 1 fully saturated rings. The smallest absolute Gasteiger partial charge is 0.416 e. The van der Waals surface area contributed by atoms with Crippen LogP contribution in [0.3, 0.4) is 0 Å². The van der Waals surface area contributed by atoms with E-state index in [9.17, 15) is 13.2 Å². The Morgan fingerprint density at radius 1 is 1.26 bits per heavy atom. The van der Waals surface area contributed by atoms with Gasteiger partial charge in [0.15, 0.2) is 0 Å². The number of rotatable bonds is 2. The number of hydrogen-bond donors (Lipinski definition) is 1. The molecule has 0 aliphatic carbocycles. The predicted molar refractivity (Wildman–Crippen MR) is 67.2 cm³/mol. The average molecular weight is 273 g/mol. The van der Waals surface area contributed by atoms with E-state index in [0.29, 0.717) is 11.8 Å². The van der Waals surface area contributed by atoms with Crippen molar-refractivity contribution in [3.05, 3.63) is 29.8 Å². The van der Waals surface area contributed by atoms with E-state index < -0.39 is 11.7 Å². The Balaban J connectivity index is 2.07. The van der Waals surface area contributed by atoms with Gasteiger partial charge in [-0.3, -0.25) is 0 Å². The maximum absolute atomic E-state index is 12.5. The van der Waals surface area contributed by atoms with Gasteiger partial charge >= 0.3 is 6.18 Å². The summed E-state index contributed by atoms with van der Waals surface area (Å²) in [6, 6.07) is 5.25. The van der Waals surface area contributed by atoms with Crippen LogP contribution in [-0.4, -0.2) is 18.2 Å². The van der Waals surface area contributed by atoms with Crippen LogP contribution in [0, 0.1) is 0 Å². The summed E-state index contributed by atoms with van der Waals surface area (Å²) in [6.45, 7) is 4.94. The van der Waals surface area contributed by atoms with Crippen LogP contribution in [0.25, 0.3) is 0 Å². The minimum absolute atomic E-state index is 0.315. The first-order valence-electron chi connectivity index (χ1n) is 6.38. The molecule has 106 valence electrons. The molecule has 0 amide bonds. The topological polar surface area (TPSA) is 21.3 Å². The second-order valence-corrected chi connectivity index (χ2v) is 5.38. The van der Waals surface area contributed by atoms with Crippen LogP contribution in [-0.2, 0) is 6.18 Å². The van der Waals surface area contributed by atoms with E-state index in [4.69, 9.17) is 4.74 Å². The van der Waals surface area contributed by atoms with Crippen molar-refractivity contribution < 1.29 is 17.9 Å². The van der Waals surface area contributed by atoms with Crippen LogP contribution >= 0.6 is 0 Å². The van der Waals surface area contributed by atoms with E-state index in [0.717, 1.165) is 31.5 Å². The first-order valence-corrected chi connectivity index (χ1v) is 6.38. The maximum atomic E-state index is 12.5. The minimum Gasteiger partial charge on any atom is -0.487 e. The molecule has 1 aliphatic heterocycles. The molecule has 0 spiro atoms. The zero-order valence-electron chi connectivity index (χ0n) is 11.1. The highest BCUT2D eigenvalue weighted by Crippen LogP contribution is 2.32. The van der Waals surface area contributed by atoms with Crippen molar-refractivity contribution in [2.24, 2.45) is 0 Å². The van der Waals surface area contributed by atoms with Gasteiger partial charge in [-0.2, -0.15) is 13.2 Å². The van der Waals surface area contributed by atoms with Gasteiger partial charge in [-0.15, -0.1) is 0 Å². The van der Waals surface area contributed by atoms with Crippen LogP contribution in [0.5, 0.6) is 5.75 Å². The Morgan fingerprint density at radius 3 is 2.42 bits per heavy atom.